The molecule has 3 heteroatoms. The first kappa shape index (κ1) is 14.1. The van der Waals surface area contributed by atoms with E-state index in [1.54, 1.807) is 0 Å². The maximum absolute atomic E-state index is 11.7. The fourth-order valence-electron chi connectivity index (χ4n) is 2.03. The molecule has 1 aliphatic rings. The van der Waals surface area contributed by atoms with Crippen molar-refractivity contribution in [1.82, 2.24) is 5.32 Å². The Bertz CT molecular complexity index is 409. The molecule has 0 bridgehead atoms. The Kier molecular flexibility index (Phi) is 4.97. The van der Waals surface area contributed by atoms with Gasteiger partial charge in [0.25, 0.3) is 0 Å². The number of hydrogen-bond donors (Lipinski definition) is 2. The molecule has 1 amide bonds. The van der Waals surface area contributed by atoms with Gasteiger partial charge in [-0.3, -0.25) is 4.79 Å². The molecule has 3 nitrogen and oxygen atoms in total. The molecule has 1 saturated carbocycles. The lowest BCUT2D eigenvalue weighted by Crippen LogP contribution is -2.23. The van der Waals surface area contributed by atoms with Crippen LogP contribution < -0.4 is 10.6 Å². The van der Waals surface area contributed by atoms with Crippen molar-refractivity contribution < 1.29 is 4.79 Å². The molecule has 2 rings (SSSR count). The van der Waals surface area contributed by atoms with E-state index in [0.717, 1.165) is 18.7 Å². The summed E-state index contributed by atoms with van der Waals surface area (Å²) in [5, 5.41) is 6.29. The van der Waals surface area contributed by atoms with Gasteiger partial charge < -0.3 is 10.6 Å². The molecule has 0 aliphatic heterocycles. The van der Waals surface area contributed by atoms with E-state index in [1.165, 1.54) is 18.4 Å². The van der Waals surface area contributed by atoms with Gasteiger partial charge in [-0.05, 0) is 42.9 Å². The second kappa shape index (κ2) is 6.71. The molecule has 1 aliphatic carbocycles. The molecular weight excluding hydrogens is 236 g/mol. The third-order valence-electron chi connectivity index (χ3n) is 3.74. The van der Waals surface area contributed by atoms with E-state index in [0.29, 0.717) is 18.4 Å². The maximum atomic E-state index is 11.7. The van der Waals surface area contributed by atoms with Crippen molar-refractivity contribution >= 4 is 11.6 Å². The molecule has 0 spiro atoms. The monoisotopic (exact) mass is 260 g/mol. The third-order valence-corrected chi connectivity index (χ3v) is 3.74. The van der Waals surface area contributed by atoms with Crippen molar-refractivity contribution in [2.24, 2.45) is 0 Å². The minimum Gasteiger partial charge on any atom is -0.326 e. The molecule has 1 fully saturated rings. The largest absolute Gasteiger partial charge is 0.326 e. The lowest BCUT2D eigenvalue weighted by atomic mass is 9.99. The number of hydrogen-bond acceptors (Lipinski definition) is 2. The first-order valence-electron chi connectivity index (χ1n) is 7.32. The highest BCUT2D eigenvalue weighted by Crippen LogP contribution is 2.20. The normalized spacial score (nSPS) is 16.1. The number of benzene rings is 1. The Morgan fingerprint density at radius 1 is 1.32 bits per heavy atom. The summed E-state index contributed by atoms with van der Waals surface area (Å²) in [6, 6.07) is 8.86. The van der Waals surface area contributed by atoms with Crippen LogP contribution in [-0.2, 0) is 4.79 Å². The van der Waals surface area contributed by atoms with Gasteiger partial charge >= 0.3 is 0 Å². The Hall–Kier alpha value is -1.35. The maximum Gasteiger partial charge on any atom is 0.225 e. The van der Waals surface area contributed by atoms with Gasteiger partial charge in [0.15, 0.2) is 0 Å². The predicted molar refractivity (Wildman–Crippen MR) is 79.4 cm³/mol. The van der Waals surface area contributed by atoms with Crippen LogP contribution in [0.3, 0.4) is 0 Å². The quantitative estimate of drug-likeness (QED) is 0.790. The van der Waals surface area contributed by atoms with Crippen LogP contribution in [0, 0.1) is 0 Å². The third kappa shape index (κ3) is 4.67. The van der Waals surface area contributed by atoms with E-state index in [4.69, 9.17) is 0 Å². The smallest absolute Gasteiger partial charge is 0.225 e. The SMILES string of the molecule is CCC(C)c1ccc(NC(=O)CCNC2CC2)cc1. The zero-order valence-corrected chi connectivity index (χ0v) is 11.9. The summed E-state index contributed by atoms with van der Waals surface area (Å²) in [6.45, 7) is 5.19. The standard InChI is InChI=1S/C16H24N2O/c1-3-12(2)13-4-6-15(7-5-13)18-16(19)10-11-17-14-8-9-14/h4-7,12,14,17H,3,8-11H2,1-2H3,(H,18,19). The molecule has 0 saturated heterocycles. The molecule has 0 heterocycles. The molecule has 2 N–H and O–H groups in total. The number of anilines is 1. The van der Waals surface area contributed by atoms with E-state index in [2.05, 4.69) is 36.6 Å². The van der Waals surface area contributed by atoms with Crippen molar-refractivity contribution in [2.45, 2.75) is 51.5 Å². The number of rotatable bonds is 7. The van der Waals surface area contributed by atoms with Crippen LogP contribution in [0.5, 0.6) is 0 Å². The van der Waals surface area contributed by atoms with Gasteiger partial charge in [0.2, 0.25) is 5.91 Å². The zero-order valence-electron chi connectivity index (χ0n) is 11.9. The summed E-state index contributed by atoms with van der Waals surface area (Å²) < 4.78 is 0. The van der Waals surface area contributed by atoms with Crippen LogP contribution in [-0.4, -0.2) is 18.5 Å². The Morgan fingerprint density at radius 3 is 2.58 bits per heavy atom. The van der Waals surface area contributed by atoms with Crippen molar-refractivity contribution in [2.75, 3.05) is 11.9 Å². The van der Waals surface area contributed by atoms with Gasteiger partial charge in [-0.1, -0.05) is 26.0 Å². The first-order chi connectivity index (χ1) is 9.19. The van der Waals surface area contributed by atoms with Crippen LogP contribution in [0.1, 0.15) is 51.0 Å². The van der Waals surface area contributed by atoms with Crippen LogP contribution >= 0.6 is 0 Å². The lowest BCUT2D eigenvalue weighted by molar-refractivity contribution is -0.116. The number of amides is 1. The summed E-state index contributed by atoms with van der Waals surface area (Å²) in [5.74, 6) is 0.664. The van der Waals surface area contributed by atoms with Gasteiger partial charge in [-0.15, -0.1) is 0 Å². The Labute approximate surface area is 115 Å². The zero-order chi connectivity index (χ0) is 13.7. The number of carbonyl (C=O) groups is 1. The highest BCUT2D eigenvalue weighted by molar-refractivity contribution is 5.90. The van der Waals surface area contributed by atoms with Crippen LogP contribution in [0.15, 0.2) is 24.3 Å². The van der Waals surface area contributed by atoms with E-state index in [-0.39, 0.29) is 5.91 Å². The average molecular weight is 260 g/mol. The molecule has 1 atom stereocenters. The van der Waals surface area contributed by atoms with Gasteiger partial charge in [0.1, 0.15) is 0 Å². The second-order valence-corrected chi connectivity index (χ2v) is 5.46. The molecule has 19 heavy (non-hydrogen) atoms. The Balaban J connectivity index is 1.76. The van der Waals surface area contributed by atoms with E-state index in [1.807, 2.05) is 12.1 Å². The van der Waals surface area contributed by atoms with E-state index in [9.17, 15) is 4.79 Å². The molecule has 1 aromatic carbocycles. The van der Waals surface area contributed by atoms with Crippen LogP contribution in [0.25, 0.3) is 0 Å². The number of nitrogens with one attached hydrogen (secondary N) is 2. The van der Waals surface area contributed by atoms with E-state index >= 15 is 0 Å². The molecular formula is C16H24N2O. The molecule has 0 aromatic heterocycles. The van der Waals surface area contributed by atoms with Crippen molar-refractivity contribution in [3.8, 4) is 0 Å². The van der Waals surface area contributed by atoms with Gasteiger partial charge in [0, 0.05) is 24.7 Å². The summed E-state index contributed by atoms with van der Waals surface area (Å²) in [4.78, 5) is 11.7. The van der Waals surface area contributed by atoms with Gasteiger partial charge in [-0.2, -0.15) is 0 Å². The Morgan fingerprint density at radius 2 is 2.00 bits per heavy atom. The molecule has 0 radical (unpaired) electrons. The highest BCUT2D eigenvalue weighted by Gasteiger charge is 2.20. The number of carbonyl (C=O) groups excluding carboxylic acids is 1. The first-order valence-corrected chi connectivity index (χ1v) is 7.32. The minimum absolute atomic E-state index is 0.0874. The summed E-state index contributed by atoms with van der Waals surface area (Å²) in [6.07, 6.45) is 4.21. The van der Waals surface area contributed by atoms with Crippen LogP contribution in [0.2, 0.25) is 0 Å². The van der Waals surface area contributed by atoms with Crippen molar-refractivity contribution in [3.63, 3.8) is 0 Å². The summed E-state index contributed by atoms with van der Waals surface area (Å²) in [7, 11) is 0. The van der Waals surface area contributed by atoms with Crippen LogP contribution in [0.4, 0.5) is 5.69 Å². The highest BCUT2D eigenvalue weighted by atomic mass is 16.1. The fraction of sp³-hybridized carbons (Fsp3) is 0.562. The van der Waals surface area contributed by atoms with Crippen molar-refractivity contribution in [3.05, 3.63) is 29.8 Å². The average Bonchev–Trinajstić information content (AvgIpc) is 3.23. The second-order valence-electron chi connectivity index (χ2n) is 5.46. The fourth-order valence-corrected chi connectivity index (χ4v) is 2.03. The predicted octanol–water partition coefficient (Wildman–Crippen LogP) is 3.28. The minimum atomic E-state index is 0.0874. The molecule has 1 aromatic rings. The summed E-state index contributed by atoms with van der Waals surface area (Å²) in [5.41, 5.74) is 2.22. The van der Waals surface area contributed by atoms with Gasteiger partial charge in [-0.25, -0.2) is 0 Å². The summed E-state index contributed by atoms with van der Waals surface area (Å²) >= 11 is 0. The topological polar surface area (TPSA) is 41.1 Å². The molecule has 104 valence electrons. The van der Waals surface area contributed by atoms with Gasteiger partial charge in [0.05, 0.1) is 0 Å². The molecule has 1 unspecified atom stereocenters. The van der Waals surface area contributed by atoms with Crippen molar-refractivity contribution in [1.29, 1.82) is 0 Å². The lowest BCUT2D eigenvalue weighted by Gasteiger charge is -2.10. The van der Waals surface area contributed by atoms with E-state index < -0.39 is 0 Å².